The van der Waals surface area contributed by atoms with Crippen molar-refractivity contribution < 1.29 is 4.79 Å². The first-order chi connectivity index (χ1) is 11.7. The van der Waals surface area contributed by atoms with Gasteiger partial charge in [-0.3, -0.25) is 9.78 Å². The molecule has 0 saturated heterocycles. The van der Waals surface area contributed by atoms with Crippen molar-refractivity contribution in [2.75, 3.05) is 5.75 Å². The number of fused-ring (bicyclic) bond motifs is 1. The van der Waals surface area contributed by atoms with Gasteiger partial charge < -0.3 is 5.32 Å². The maximum atomic E-state index is 12.0. The van der Waals surface area contributed by atoms with E-state index in [-0.39, 0.29) is 11.9 Å². The molecule has 0 aliphatic rings. The Hall–Kier alpha value is -1.92. The first kappa shape index (κ1) is 16.9. The average Bonchev–Trinajstić information content (AvgIpc) is 3.02. The van der Waals surface area contributed by atoms with Gasteiger partial charge in [-0.2, -0.15) is 0 Å². The summed E-state index contributed by atoms with van der Waals surface area (Å²) in [6.45, 7) is 1.99. The number of pyridine rings is 1. The van der Waals surface area contributed by atoms with Crippen LogP contribution in [0.4, 0.5) is 0 Å². The Morgan fingerprint density at radius 1 is 1.25 bits per heavy atom. The number of nitrogens with one attached hydrogen (secondary N) is 1. The van der Waals surface area contributed by atoms with Crippen LogP contribution in [0.15, 0.2) is 53.1 Å². The molecule has 3 rings (SSSR count). The lowest BCUT2D eigenvalue weighted by Gasteiger charge is -2.13. The second-order valence-electron chi connectivity index (χ2n) is 5.47. The van der Waals surface area contributed by atoms with Crippen LogP contribution >= 0.6 is 23.1 Å². The molecule has 1 atom stereocenters. The molecule has 124 valence electrons. The summed E-state index contributed by atoms with van der Waals surface area (Å²) in [5.74, 6) is 0.987. The molecule has 1 amide bonds. The smallest absolute Gasteiger partial charge is 0.220 e. The van der Waals surface area contributed by atoms with E-state index in [1.165, 1.54) is 4.70 Å². The third-order valence-corrected chi connectivity index (χ3v) is 5.90. The molecule has 0 radical (unpaired) electrons. The molecular weight excluding hydrogens is 338 g/mol. The summed E-state index contributed by atoms with van der Waals surface area (Å²) in [7, 11) is 0. The van der Waals surface area contributed by atoms with E-state index in [2.05, 4.69) is 21.4 Å². The van der Waals surface area contributed by atoms with Gasteiger partial charge in [-0.25, -0.2) is 4.98 Å². The Morgan fingerprint density at radius 2 is 2.04 bits per heavy atom. The first-order valence-corrected chi connectivity index (χ1v) is 9.70. The van der Waals surface area contributed by atoms with Crippen LogP contribution in [0.1, 0.15) is 31.4 Å². The van der Waals surface area contributed by atoms with E-state index in [1.807, 2.05) is 37.3 Å². The van der Waals surface area contributed by atoms with Gasteiger partial charge in [0.1, 0.15) is 0 Å². The number of benzene rings is 1. The largest absolute Gasteiger partial charge is 0.350 e. The van der Waals surface area contributed by atoms with Gasteiger partial charge in [-0.05, 0) is 43.2 Å². The number of carbonyl (C=O) groups is 1. The van der Waals surface area contributed by atoms with Crippen molar-refractivity contribution in [3.8, 4) is 0 Å². The number of aromatic nitrogens is 2. The minimum Gasteiger partial charge on any atom is -0.350 e. The lowest BCUT2D eigenvalue weighted by atomic mass is 10.1. The Balaban J connectivity index is 1.40. The molecule has 4 nitrogen and oxygen atoms in total. The minimum absolute atomic E-state index is 0.0115. The number of thiazole rings is 1. The minimum atomic E-state index is 0.0115. The SMILES string of the molecule is CC(NC(=O)CCCSc1nc2ccccc2s1)c1ccncc1. The zero-order valence-corrected chi connectivity index (χ0v) is 15.1. The zero-order chi connectivity index (χ0) is 16.8. The number of nitrogens with zero attached hydrogens (tertiary/aromatic N) is 2. The predicted molar refractivity (Wildman–Crippen MR) is 100 cm³/mol. The number of para-hydroxylation sites is 1. The van der Waals surface area contributed by atoms with Crippen molar-refractivity contribution in [1.29, 1.82) is 0 Å². The lowest BCUT2D eigenvalue weighted by Crippen LogP contribution is -2.26. The van der Waals surface area contributed by atoms with Crippen LogP contribution < -0.4 is 5.32 Å². The van der Waals surface area contributed by atoms with Crippen molar-refractivity contribution in [2.45, 2.75) is 30.1 Å². The number of hydrogen-bond acceptors (Lipinski definition) is 5. The highest BCUT2D eigenvalue weighted by molar-refractivity contribution is 8.01. The zero-order valence-electron chi connectivity index (χ0n) is 13.4. The van der Waals surface area contributed by atoms with Gasteiger partial charge >= 0.3 is 0 Å². The summed E-state index contributed by atoms with van der Waals surface area (Å²) < 4.78 is 2.28. The highest BCUT2D eigenvalue weighted by atomic mass is 32.2. The van der Waals surface area contributed by atoms with Gasteiger partial charge in [0, 0.05) is 24.6 Å². The second kappa shape index (κ2) is 8.26. The molecule has 0 bridgehead atoms. The van der Waals surface area contributed by atoms with E-state index >= 15 is 0 Å². The van der Waals surface area contributed by atoms with Crippen molar-refractivity contribution in [2.24, 2.45) is 0 Å². The molecule has 24 heavy (non-hydrogen) atoms. The van der Waals surface area contributed by atoms with Crippen molar-refractivity contribution in [3.05, 3.63) is 54.4 Å². The van der Waals surface area contributed by atoms with Gasteiger partial charge in [0.15, 0.2) is 4.34 Å². The Kier molecular flexibility index (Phi) is 5.82. The van der Waals surface area contributed by atoms with E-state index in [0.29, 0.717) is 6.42 Å². The molecule has 2 aromatic heterocycles. The molecular formula is C18H19N3OS2. The number of carbonyl (C=O) groups excluding carboxylic acids is 1. The van der Waals surface area contributed by atoms with Crippen LogP contribution in [0.25, 0.3) is 10.2 Å². The van der Waals surface area contributed by atoms with Crippen LogP contribution in [0.3, 0.4) is 0 Å². The van der Waals surface area contributed by atoms with Crippen LogP contribution in [-0.4, -0.2) is 21.6 Å². The molecule has 1 unspecified atom stereocenters. The van der Waals surface area contributed by atoms with Crippen LogP contribution in [0.2, 0.25) is 0 Å². The standard InChI is InChI=1S/C18H19N3OS2/c1-13(14-8-10-19-11-9-14)20-17(22)7-4-12-23-18-21-15-5-2-3-6-16(15)24-18/h2-3,5-6,8-11,13H,4,7,12H2,1H3,(H,20,22). The molecule has 0 fully saturated rings. The summed E-state index contributed by atoms with van der Waals surface area (Å²) >= 11 is 3.43. The van der Waals surface area contributed by atoms with E-state index in [0.717, 1.165) is 27.6 Å². The van der Waals surface area contributed by atoms with Gasteiger partial charge in [0.2, 0.25) is 5.91 Å². The number of amides is 1. The molecule has 0 aliphatic heterocycles. The second-order valence-corrected chi connectivity index (χ2v) is 7.84. The number of hydrogen-bond donors (Lipinski definition) is 1. The Labute approximate surface area is 149 Å². The highest BCUT2D eigenvalue weighted by Gasteiger charge is 2.09. The quantitative estimate of drug-likeness (QED) is 0.502. The fourth-order valence-electron chi connectivity index (χ4n) is 2.35. The lowest BCUT2D eigenvalue weighted by molar-refractivity contribution is -0.121. The fourth-order valence-corrected chi connectivity index (χ4v) is 4.43. The Morgan fingerprint density at radius 3 is 2.83 bits per heavy atom. The first-order valence-electron chi connectivity index (χ1n) is 7.90. The van der Waals surface area contributed by atoms with E-state index in [9.17, 15) is 4.79 Å². The van der Waals surface area contributed by atoms with Gasteiger partial charge in [0.25, 0.3) is 0 Å². The maximum absolute atomic E-state index is 12.0. The summed E-state index contributed by atoms with van der Waals surface area (Å²) in [5, 5.41) is 3.03. The van der Waals surface area contributed by atoms with Crippen LogP contribution in [0.5, 0.6) is 0 Å². The monoisotopic (exact) mass is 357 g/mol. The average molecular weight is 358 g/mol. The maximum Gasteiger partial charge on any atom is 0.220 e. The number of thioether (sulfide) groups is 1. The van der Waals surface area contributed by atoms with E-state index in [1.54, 1.807) is 35.5 Å². The molecule has 0 spiro atoms. The van der Waals surface area contributed by atoms with Crippen molar-refractivity contribution in [1.82, 2.24) is 15.3 Å². The van der Waals surface area contributed by atoms with Crippen LogP contribution in [0, 0.1) is 0 Å². The van der Waals surface area contributed by atoms with Gasteiger partial charge in [0.05, 0.1) is 16.3 Å². The van der Waals surface area contributed by atoms with Gasteiger partial charge in [-0.1, -0.05) is 23.9 Å². The third-order valence-electron chi connectivity index (χ3n) is 3.63. The Bertz CT molecular complexity index is 771. The highest BCUT2D eigenvalue weighted by Crippen LogP contribution is 2.29. The van der Waals surface area contributed by atoms with Crippen molar-refractivity contribution >= 4 is 39.2 Å². The van der Waals surface area contributed by atoms with Crippen molar-refractivity contribution in [3.63, 3.8) is 0 Å². The molecule has 6 heteroatoms. The van der Waals surface area contributed by atoms with E-state index < -0.39 is 0 Å². The summed E-state index contributed by atoms with van der Waals surface area (Å²) in [6.07, 6.45) is 4.86. The van der Waals surface area contributed by atoms with Gasteiger partial charge in [-0.15, -0.1) is 11.3 Å². The molecule has 0 saturated carbocycles. The molecule has 1 N–H and O–H groups in total. The summed E-state index contributed by atoms with van der Waals surface area (Å²) in [5.41, 5.74) is 2.12. The predicted octanol–water partition coefficient (Wildman–Crippen LogP) is 4.44. The van der Waals surface area contributed by atoms with Crippen LogP contribution in [-0.2, 0) is 4.79 Å². The van der Waals surface area contributed by atoms with E-state index in [4.69, 9.17) is 0 Å². The fraction of sp³-hybridized carbons (Fsp3) is 0.278. The molecule has 2 heterocycles. The normalized spacial score (nSPS) is 12.2. The molecule has 1 aromatic carbocycles. The topological polar surface area (TPSA) is 54.9 Å². The number of rotatable bonds is 7. The summed E-state index contributed by atoms with van der Waals surface area (Å²) in [4.78, 5) is 20.6. The molecule has 0 aliphatic carbocycles. The summed E-state index contributed by atoms with van der Waals surface area (Å²) in [6, 6.07) is 12.0. The third kappa shape index (κ3) is 4.55. The molecule has 3 aromatic rings.